The van der Waals surface area contributed by atoms with Crippen LogP contribution in [0.2, 0.25) is 0 Å². The van der Waals surface area contributed by atoms with Gasteiger partial charge >= 0.3 is 0 Å². The van der Waals surface area contributed by atoms with Gasteiger partial charge < -0.3 is 9.47 Å². The van der Waals surface area contributed by atoms with Gasteiger partial charge in [0.25, 0.3) is 11.8 Å². The van der Waals surface area contributed by atoms with Gasteiger partial charge in [-0.2, -0.15) is 0 Å². The maximum Gasteiger partial charge on any atom is 0.276 e. The predicted octanol–water partition coefficient (Wildman–Crippen LogP) is 2.22. The van der Waals surface area contributed by atoms with Gasteiger partial charge in [0.2, 0.25) is 0 Å². The molecule has 0 heterocycles. The van der Waals surface area contributed by atoms with E-state index in [1.807, 2.05) is 51.1 Å². The molecule has 0 bridgehead atoms. The molecule has 0 aliphatic carbocycles. The summed E-state index contributed by atoms with van der Waals surface area (Å²) in [7, 11) is 0. The molecule has 0 aliphatic heterocycles. The summed E-state index contributed by atoms with van der Waals surface area (Å²) in [5, 5.41) is 0. The lowest BCUT2D eigenvalue weighted by molar-refractivity contribution is -0.131. The molecule has 132 valence electrons. The number of rotatable bonds is 6. The van der Waals surface area contributed by atoms with Crippen LogP contribution in [0.25, 0.3) is 0 Å². The molecule has 0 unspecified atom stereocenters. The Bertz CT molecular complexity index is 759. The number of amides is 2. The van der Waals surface area contributed by atoms with Gasteiger partial charge in [-0.3, -0.25) is 20.4 Å². The van der Waals surface area contributed by atoms with Gasteiger partial charge in [0.05, 0.1) is 0 Å². The lowest BCUT2D eigenvalue weighted by Crippen LogP contribution is -2.45. The number of carbonyl (C=O) groups is 2. The lowest BCUT2D eigenvalue weighted by atomic mass is 10.1. The molecule has 2 amide bonds. The number of nitrogens with one attached hydrogen (secondary N) is 2. The lowest BCUT2D eigenvalue weighted by Gasteiger charge is -2.11. The van der Waals surface area contributed by atoms with Crippen LogP contribution in [0.1, 0.15) is 16.7 Å². The van der Waals surface area contributed by atoms with Gasteiger partial charge in [0.1, 0.15) is 11.5 Å². The molecule has 25 heavy (non-hydrogen) atoms. The van der Waals surface area contributed by atoms with Crippen molar-refractivity contribution in [2.75, 3.05) is 13.2 Å². The molecule has 0 atom stereocenters. The molecule has 2 aromatic rings. The van der Waals surface area contributed by atoms with Crippen molar-refractivity contribution in [2.24, 2.45) is 0 Å². The number of hydrazine groups is 1. The van der Waals surface area contributed by atoms with E-state index in [9.17, 15) is 9.59 Å². The van der Waals surface area contributed by atoms with E-state index in [2.05, 4.69) is 10.9 Å². The van der Waals surface area contributed by atoms with Gasteiger partial charge in [-0.25, -0.2) is 0 Å². The average molecular weight is 342 g/mol. The minimum atomic E-state index is -0.456. The Morgan fingerprint density at radius 3 is 2.08 bits per heavy atom. The molecule has 6 nitrogen and oxygen atoms in total. The molecule has 2 rings (SSSR count). The van der Waals surface area contributed by atoms with E-state index in [4.69, 9.17) is 9.47 Å². The first-order valence-electron chi connectivity index (χ1n) is 7.92. The van der Waals surface area contributed by atoms with Crippen LogP contribution in [-0.2, 0) is 9.59 Å². The van der Waals surface area contributed by atoms with E-state index in [0.717, 1.165) is 16.7 Å². The zero-order chi connectivity index (χ0) is 18.2. The maximum atomic E-state index is 11.7. The second-order valence-corrected chi connectivity index (χ2v) is 5.69. The molecule has 0 saturated carbocycles. The van der Waals surface area contributed by atoms with Gasteiger partial charge in [-0.05, 0) is 55.7 Å². The van der Waals surface area contributed by atoms with Crippen LogP contribution in [0.4, 0.5) is 0 Å². The van der Waals surface area contributed by atoms with Crippen molar-refractivity contribution in [3.8, 4) is 11.5 Å². The molecule has 6 heteroatoms. The molecule has 2 aromatic carbocycles. The summed E-state index contributed by atoms with van der Waals surface area (Å²) in [5.41, 5.74) is 7.74. The maximum absolute atomic E-state index is 11.7. The number of benzene rings is 2. The van der Waals surface area contributed by atoms with Gasteiger partial charge in [-0.1, -0.05) is 24.3 Å². The van der Waals surface area contributed by atoms with Crippen LogP contribution in [0.3, 0.4) is 0 Å². The molecule has 0 aromatic heterocycles. The molecule has 0 aliphatic rings. The summed E-state index contributed by atoms with van der Waals surface area (Å²) >= 11 is 0. The Morgan fingerprint density at radius 2 is 1.44 bits per heavy atom. The Hall–Kier alpha value is -3.02. The third-order valence-electron chi connectivity index (χ3n) is 3.64. The SMILES string of the molecule is Cc1ccc(OCC(=O)NNC(=O)COc2ccccc2C)cc1C. The summed E-state index contributed by atoms with van der Waals surface area (Å²) in [6.45, 7) is 5.47. The average Bonchev–Trinajstić information content (AvgIpc) is 2.60. The highest BCUT2D eigenvalue weighted by molar-refractivity contribution is 5.83. The minimum Gasteiger partial charge on any atom is -0.484 e. The number of aryl methyl sites for hydroxylation is 3. The van der Waals surface area contributed by atoms with Crippen molar-refractivity contribution in [1.82, 2.24) is 10.9 Å². The molecular formula is C19H22N2O4. The summed E-state index contributed by atoms with van der Waals surface area (Å²) in [6.07, 6.45) is 0. The third kappa shape index (κ3) is 5.84. The van der Waals surface area contributed by atoms with E-state index < -0.39 is 11.8 Å². The number of carbonyl (C=O) groups excluding carboxylic acids is 2. The Labute approximate surface area is 147 Å². The zero-order valence-corrected chi connectivity index (χ0v) is 14.6. The Balaban J connectivity index is 1.69. The van der Waals surface area contributed by atoms with E-state index >= 15 is 0 Å². The monoisotopic (exact) mass is 342 g/mol. The fourth-order valence-corrected chi connectivity index (χ4v) is 2.03. The summed E-state index contributed by atoms with van der Waals surface area (Å²) in [5.74, 6) is 0.319. The number of para-hydroxylation sites is 1. The second-order valence-electron chi connectivity index (χ2n) is 5.69. The smallest absolute Gasteiger partial charge is 0.276 e. The van der Waals surface area contributed by atoms with Crippen LogP contribution in [0.5, 0.6) is 11.5 Å². The van der Waals surface area contributed by atoms with Crippen molar-refractivity contribution in [1.29, 1.82) is 0 Å². The van der Waals surface area contributed by atoms with Crippen LogP contribution in [0, 0.1) is 20.8 Å². The first-order chi connectivity index (χ1) is 12.0. The Kier molecular flexibility index (Phi) is 6.39. The number of hydrogen-bond acceptors (Lipinski definition) is 4. The normalized spacial score (nSPS) is 10.0. The molecule has 0 radical (unpaired) electrons. The van der Waals surface area contributed by atoms with Crippen LogP contribution in [0.15, 0.2) is 42.5 Å². The molecular weight excluding hydrogens is 320 g/mol. The highest BCUT2D eigenvalue weighted by Crippen LogP contribution is 2.16. The van der Waals surface area contributed by atoms with E-state index in [0.29, 0.717) is 11.5 Å². The van der Waals surface area contributed by atoms with Gasteiger partial charge in [0.15, 0.2) is 13.2 Å². The van der Waals surface area contributed by atoms with Gasteiger partial charge in [0, 0.05) is 0 Å². The Morgan fingerprint density at radius 1 is 0.800 bits per heavy atom. The molecule has 0 fully saturated rings. The van der Waals surface area contributed by atoms with E-state index in [-0.39, 0.29) is 13.2 Å². The summed E-state index contributed by atoms with van der Waals surface area (Å²) in [4.78, 5) is 23.4. The largest absolute Gasteiger partial charge is 0.484 e. The highest BCUT2D eigenvalue weighted by atomic mass is 16.5. The van der Waals surface area contributed by atoms with Crippen LogP contribution >= 0.6 is 0 Å². The van der Waals surface area contributed by atoms with Crippen molar-refractivity contribution in [2.45, 2.75) is 20.8 Å². The van der Waals surface area contributed by atoms with E-state index in [1.165, 1.54) is 0 Å². The van der Waals surface area contributed by atoms with E-state index in [1.54, 1.807) is 12.1 Å². The van der Waals surface area contributed by atoms with Gasteiger partial charge in [-0.15, -0.1) is 0 Å². The molecule has 0 spiro atoms. The van der Waals surface area contributed by atoms with Crippen LogP contribution in [-0.4, -0.2) is 25.0 Å². The predicted molar refractivity (Wildman–Crippen MR) is 94.4 cm³/mol. The number of ether oxygens (including phenoxy) is 2. The van der Waals surface area contributed by atoms with Crippen molar-refractivity contribution in [3.05, 3.63) is 59.2 Å². The van der Waals surface area contributed by atoms with Crippen molar-refractivity contribution >= 4 is 11.8 Å². The fraction of sp³-hybridized carbons (Fsp3) is 0.263. The minimum absolute atomic E-state index is 0.191. The van der Waals surface area contributed by atoms with Crippen molar-refractivity contribution in [3.63, 3.8) is 0 Å². The van der Waals surface area contributed by atoms with Crippen molar-refractivity contribution < 1.29 is 19.1 Å². The molecule has 0 saturated heterocycles. The topological polar surface area (TPSA) is 76.7 Å². The first kappa shape index (κ1) is 18.3. The van der Waals surface area contributed by atoms with Crippen LogP contribution < -0.4 is 20.3 Å². The first-order valence-corrected chi connectivity index (χ1v) is 7.92. The zero-order valence-electron chi connectivity index (χ0n) is 14.6. The number of hydrogen-bond donors (Lipinski definition) is 2. The summed E-state index contributed by atoms with van der Waals surface area (Å²) < 4.78 is 10.8. The summed E-state index contributed by atoms with van der Waals surface area (Å²) in [6, 6.07) is 13.0. The fourth-order valence-electron chi connectivity index (χ4n) is 2.03. The standard InChI is InChI=1S/C19H22N2O4/c1-13-8-9-16(10-15(13)3)24-11-18(22)20-21-19(23)12-25-17-7-5-4-6-14(17)2/h4-10H,11-12H2,1-3H3,(H,20,22)(H,21,23). The quantitative estimate of drug-likeness (QED) is 0.789. The molecule has 2 N–H and O–H groups in total. The second kappa shape index (κ2) is 8.73. The third-order valence-corrected chi connectivity index (χ3v) is 3.64. The highest BCUT2D eigenvalue weighted by Gasteiger charge is 2.07.